The van der Waals surface area contributed by atoms with Crippen molar-refractivity contribution in [2.45, 2.75) is 24.8 Å². The molecular weight excluding hydrogens is 188 g/mol. The fraction of sp³-hybridized carbons (Fsp3) is 0.500. The first-order chi connectivity index (χ1) is 7.31. The standard InChI is InChI=1S/C12H16N2O/c1-15-9-3-4-10-11(7-9)14-12(8-13-10)5-2-6-12/h3-4,7,13-14H,2,5-6,8H2,1H3. The first-order valence-electron chi connectivity index (χ1n) is 5.51. The van der Waals surface area contributed by atoms with Gasteiger partial charge in [-0.15, -0.1) is 0 Å². The Kier molecular flexibility index (Phi) is 1.81. The van der Waals surface area contributed by atoms with Gasteiger partial charge in [-0.25, -0.2) is 0 Å². The van der Waals surface area contributed by atoms with Gasteiger partial charge < -0.3 is 15.4 Å². The van der Waals surface area contributed by atoms with E-state index in [-0.39, 0.29) is 0 Å². The zero-order valence-electron chi connectivity index (χ0n) is 8.97. The molecule has 1 spiro atoms. The summed E-state index contributed by atoms with van der Waals surface area (Å²) in [5.74, 6) is 0.916. The monoisotopic (exact) mass is 204 g/mol. The zero-order chi connectivity index (χ0) is 10.3. The number of methoxy groups -OCH3 is 1. The molecule has 0 radical (unpaired) electrons. The summed E-state index contributed by atoms with van der Waals surface area (Å²) >= 11 is 0. The molecule has 0 atom stereocenters. The van der Waals surface area contributed by atoms with Crippen LogP contribution in [0.2, 0.25) is 0 Å². The normalized spacial score (nSPS) is 20.9. The van der Waals surface area contributed by atoms with Crippen LogP contribution in [0.25, 0.3) is 0 Å². The Balaban J connectivity index is 1.92. The van der Waals surface area contributed by atoms with Crippen molar-refractivity contribution in [3.05, 3.63) is 18.2 Å². The lowest BCUT2D eigenvalue weighted by Crippen LogP contribution is -2.52. The van der Waals surface area contributed by atoms with Crippen molar-refractivity contribution in [3.8, 4) is 5.75 Å². The van der Waals surface area contributed by atoms with Gasteiger partial charge in [0.1, 0.15) is 5.75 Å². The molecule has 1 aliphatic heterocycles. The van der Waals surface area contributed by atoms with Crippen LogP contribution in [-0.2, 0) is 0 Å². The molecule has 0 saturated heterocycles. The van der Waals surface area contributed by atoms with E-state index in [0.29, 0.717) is 5.54 Å². The van der Waals surface area contributed by atoms with E-state index in [1.165, 1.54) is 30.6 Å². The van der Waals surface area contributed by atoms with Crippen LogP contribution >= 0.6 is 0 Å². The SMILES string of the molecule is COc1ccc2c(c1)NC1(CCC1)CN2. The van der Waals surface area contributed by atoms with Crippen LogP contribution in [0.1, 0.15) is 19.3 Å². The Labute approximate surface area is 89.8 Å². The molecule has 1 aromatic rings. The third-order valence-corrected chi connectivity index (χ3v) is 3.55. The van der Waals surface area contributed by atoms with E-state index in [9.17, 15) is 0 Å². The van der Waals surface area contributed by atoms with Crippen LogP contribution in [0.4, 0.5) is 11.4 Å². The molecule has 15 heavy (non-hydrogen) atoms. The van der Waals surface area contributed by atoms with Gasteiger partial charge in [-0.05, 0) is 31.4 Å². The van der Waals surface area contributed by atoms with Gasteiger partial charge in [0.2, 0.25) is 0 Å². The quantitative estimate of drug-likeness (QED) is 0.737. The summed E-state index contributed by atoms with van der Waals surface area (Å²) in [6.07, 6.45) is 3.89. The van der Waals surface area contributed by atoms with E-state index in [4.69, 9.17) is 4.74 Å². The van der Waals surface area contributed by atoms with Crippen molar-refractivity contribution in [1.82, 2.24) is 0 Å². The molecule has 80 valence electrons. The fourth-order valence-electron chi connectivity index (χ4n) is 2.41. The van der Waals surface area contributed by atoms with Gasteiger partial charge in [0.25, 0.3) is 0 Å². The average molecular weight is 204 g/mol. The van der Waals surface area contributed by atoms with Gasteiger partial charge >= 0.3 is 0 Å². The highest BCUT2D eigenvalue weighted by molar-refractivity contribution is 5.74. The Morgan fingerprint density at radius 2 is 2.13 bits per heavy atom. The van der Waals surface area contributed by atoms with Crippen LogP contribution in [0.5, 0.6) is 5.75 Å². The molecule has 0 bridgehead atoms. The average Bonchev–Trinajstić information content (AvgIpc) is 2.25. The van der Waals surface area contributed by atoms with Gasteiger partial charge in [0.15, 0.2) is 0 Å². The number of fused-ring (bicyclic) bond motifs is 1. The predicted molar refractivity (Wildman–Crippen MR) is 61.7 cm³/mol. The molecule has 2 aliphatic rings. The van der Waals surface area contributed by atoms with Crippen molar-refractivity contribution in [3.63, 3.8) is 0 Å². The van der Waals surface area contributed by atoms with Gasteiger partial charge in [-0.2, -0.15) is 0 Å². The maximum atomic E-state index is 5.23. The van der Waals surface area contributed by atoms with E-state index in [1.807, 2.05) is 6.07 Å². The second-order valence-electron chi connectivity index (χ2n) is 4.52. The number of nitrogens with one attached hydrogen (secondary N) is 2. The van der Waals surface area contributed by atoms with E-state index in [2.05, 4.69) is 22.8 Å². The Morgan fingerprint density at radius 1 is 1.27 bits per heavy atom. The number of hydrogen-bond donors (Lipinski definition) is 2. The number of hydrogen-bond acceptors (Lipinski definition) is 3. The minimum absolute atomic E-state index is 0.319. The molecule has 3 rings (SSSR count). The second-order valence-corrected chi connectivity index (χ2v) is 4.52. The van der Waals surface area contributed by atoms with Crippen LogP contribution in [-0.4, -0.2) is 19.2 Å². The third kappa shape index (κ3) is 1.34. The highest BCUT2D eigenvalue weighted by Gasteiger charge is 2.39. The third-order valence-electron chi connectivity index (χ3n) is 3.55. The van der Waals surface area contributed by atoms with E-state index in [1.54, 1.807) is 7.11 Å². The summed E-state index contributed by atoms with van der Waals surface area (Å²) in [7, 11) is 1.71. The lowest BCUT2D eigenvalue weighted by molar-refractivity contribution is 0.291. The molecule has 0 unspecified atom stereocenters. The molecule has 1 aromatic carbocycles. The Morgan fingerprint density at radius 3 is 2.80 bits per heavy atom. The molecule has 2 N–H and O–H groups in total. The molecule has 1 fully saturated rings. The topological polar surface area (TPSA) is 33.3 Å². The number of ether oxygens (including phenoxy) is 1. The molecule has 3 heteroatoms. The van der Waals surface area contributed by atoms with Crippen molar-refractivity contribution < 1.29 is 4.74 Å². The number of benzene rings is 1. The summed E-state index contributed by atoms with van der Waals surface area (Å²) < 4.78 is 5.23. The minimum Gasteiger partial charge on any atom is -0.497 e. The maximum absolute atomic E-state index is 5.23. The smallest absolute Gasteiger partial charge is 0.121 e. The van der Waals surface area contributed by atoms with Crippen LogP contribution in [0.3, 0.4) is 0 Å². The van der Waals surface area contributed by atoms with Gasteiger partial charge in [0, 0.05) is 12.6 Å². The summed E-state index contributed by atoms with van der Waals surface area (Å²) in [6, 6.07) is 6.14. The zero-order valence-corrected chi connectivity index (χ0v) is 8.97. The predicted octanol–water partition coefficient (Wildman–Crippen LogP) is 2.46. The number of rotatable bonds is 1. The second kappa shape index (κ2) is 3.05. The lowest BCUT2D eigenvalue weighted by atomic mass is 9.75. The highest BCUT2D eigenvalue weighted by Crippen LogP contribution is 2.41. The van der Waals surface area contributed by atoms with Crippen LogP contribution in [0.15, 0.2) is 18.2 Å². The molecule has 1 aliphatic carbocycles. The Hall–Kier alpha value is -1.38. The van der Waals surface area contributed by atoms with Crippen molar-refractivity contribution >= 4 is 11.4 Å². The number of anilines is 2. The van der Waals surface area contributed by atoms with E-state index >= 15 is 0 Å². The minimum atomic E-state index is 0.319. The Bertz CT molecular complexity index is 385. The fourth-order valence-corrected chi connectivity index (χ4v) is 2.41. The van der Waals surface area contributed by atoms with E-state index < -0.39 is 0 Å². The molecule has 1 heterocycles. The summed E-state index contributed by atoms with van der Waals surface area (Å²) in [5, 5.41) is 7.13. The van der Waals surface area contributed by atoms with E-state index in [0.717, 1.165) is 12.3 Å². The maximum Gasteiger partial charge on any atom is 0.121 e. The van der Waals surface area contributed by atoms with Crippen LogP contribution in [0, 0.1) is 0 Å². The molecule has 3 nitrogen and oxygen atoms in total. The van der Waals surface area contributed by atoms with Crippen molar-refractivity contribution in [2.24, 2.45) is 0 Å². The van der Waals surface area contributed by atoms with Crippen LogP contribution < -0.4 is 15.4 Å². The summed E-state index contributed by atoms with van der Waals surface area (Å²) in [6.45, 7) is 1.05. The van der Waals surface area contributed by atoms with Gasteiger partial charge in [-0.1, -0.05) is 0 Å². The highest BCUT2D eigenvalue weighted by atomic mass is 16.5. The first kappa shape index (κ1) is 8.89. The molecule has 0 aromatic heterocycles. The molecule has 0 amide bonds. The lowest BCUT2D eigenvalue weighted by Gasteiger charge is -2.47. The van der Waals surface area contributed by atoms with Crippen molar-refractivity contribution in [2.75, 3.05) is 24.3 Å². The first-order valence-corrected chi connectivity index (χ1v) is 5.51. The van der Waals surface area contributed by atoms with Gasteiger partial charge in [0.05, 0.1) is 24.0 Å². The largest absolute Gasteiger partial charge is 0.497 e. The van der Waals surface area contributed by atoms with Gasteiger partial charge in [-0.3, -0.25) is 0 Å². The van der Waals surface area contributed by atoms with Crippen molar-refractivity contribution in [1.29, 1.82) is 0 Å². The summed E-state index contributed by atoms with van der Waals surface area (Å²) in [4.78, 5) is 0. The molecular formula is C12H16N2O. The summed E-state index contributed by atoms with van der Waals surface area (Å²) in [5.41, 5.74) is 2.69. The molecule has 1 saturated carbocycles.